The SMILES string of the molecule is O=C1C(=O)N(c2ccc(F)cc2)C(c2c[nH]c3ccccc23)/C1=C(\O)c1ccc(Br)cc1. The van der Waals surface area contributed by atoms with Crippen molar-refractivity contribution in [2.75, 3.05) is 4.90 Å². The largest absolute Gasteiger partial charge is 0.507 e. The lowest BCUT2D eigenvalue weighted by molar-refractivity contribution is -0.132. The van der Waals surface area contributed by atoms with Gasteiger partial charge < -0.3 is 10.1 Å². The molecule has 0 radical (unpaired) electrons. The van der Waals surface area contributed by atoms with Gasteiger partial charge in [0.1, 0.15) is 11.6 Å². The predicted octanol–water partition coefficient (Wildman–Crippen LogP) is 5.70. The fraction of sp³-hybridized carbons (Fsp3) is 0.0400. The number of aromatic nitrogens is 1. The number of aromatic amines is 1. The molecule has 32 heavy (non-hydrogen) atoms. The molecule has 0 saturated carbocycles. The number of amides is 1. The molecule has 3 aromatic carbocycles. The molecule has 158 valence electrons. The summed E-state index contributed by atoms with van der Waals surface area (Å²) in [5.74, 6) is -2.31. The molecule has 1 unspecified atom stereocenters. The predicted molar refractivity (Wildman–Crippen MR) is 124 cm³/mol. The second-order valence-electron chi connectivity index (χ2n) is 7.44. The number of hydrogen-bond acceptors (Lipinski definition) is 3. The van der Waals surface area contributed by atoms with Crippen LogP contribution in [0.25, 0.3) is 16.7 Å². The van der Waals surface area contributed by atoms with Gasteiger partial charge in [0.05, 0.1) is 11.6 Å². The first kappa shape index (κ1) is 20.2. The van der Waals surface area contributed by atoms with Crippen molar-refractivity contribution < 1.29 is 19.1 Å². The summed E-state index contributed by atoms with van der Waals surface area (Å²) in [5, 5.41) is 12.0. The lowest BCUT2D eigenvalue weighted by atomic mass is 9.95. The Balaban J connectivity index is 1.77. The van der Waals surface area contributed by atoms with Gasteiger partial charge >= 0.3 is 0 Å². The molecule has 2 heterocycles. The van der Waals surface area contributed by atoms with Crippen LogP contribution in [-0.4, -0.2) is 21.8 Å². The van der Waals surface area contributed by atoms with Crippen LogP contribution in [0, 0.1) is 5.82 Å². The zero-order valence-corrected chi connectivity index (χ0v) is 18.1. The van der Waals surface area contributed by atoms with Crippen LogP contribution in [0.5, 0.6) is 0 Å². The normalized spacial score (nSPS) is 17.9. The van der Waals surface area contributed by atoms with E-state index in [1.54, 1.807) is 30.5 Å². The number of nitrogens with zero attached hydrogens (tertiary/aromatic N) is 1. The van der Waals surface area contributed by atoms with E-state index in [-0.39, 0.29) is 11.3 Å². The van der Waals surface area contributed by atoms with E-state index in [9.17, 15) is 19.1 Å². The average molecular weight is 491 g/mol. The topological polar surface area (TPSA) is 73.4 Å². The number of H-pyrrole nitrogens is 1. The minimum atomic E-state index is -0.889. The van der Waals surface area contributed by atoms with E-state index in [0.717, 1.165) is 15.4 Å². The highest BCUT2D eigenvalue weighted by atomic mass is 79.9. The van der Waals surface area contributed by atoms with Crippen molar-refractivity contribution in [3.05, 3.63) is 106 Å². The zero-order valence-electron chi connectivity index (χ0n) is 16.5. The molecule has 1 amide bonds. The summed E-state index contributed by atoms with van der Waals surface area (Å²) >= 11 is 3.35. The van der Waals surface area contributed by atoms with Crippen molar-refractivity contribution in [1.29, 1.82) is 0 Å². The molecular formula is C25H16BrFN2O3. The minimum absolute atomic E-state index is 0.0219. The maximum atomic E-state index is 13.6. The number of aliphatic hydroxyl groups excluding tert-OH is 1. The Kier molecular flexibility index (Phi) is 4.90. The Morgan fingerprint density at radius 1 is 0.969 bits per heavy atom. The molecule has 1 aliphatic heterocycles. The van der Waals surface area contributed by atoms with Gasteiger partial charge in [-0.3, -0.25) is 14.5 Å². The van der Waals surface area contributed by atoms with Gasteiger partial charge in [-0.05, 0) is 42.5 Å². The van der Waals surface area contributed by atoms with Gasteiger partial charge in [0.15, 0.2) is 0 Å². The van der Waals surface area contributed by atoms with Crippen molar-refractivity contribution in [2.24, 2.45) is 0 Å². The standard InChI is InChI=1S/C25H16BrFN2O3/c26-15-7-5-14(6-8-15)23(30)21-22(19-13-28-20-4-2-1-3-18(19)20)29(25(32)24(21)31)17-11-9-16(27)10-12-17/h1-13,22,28,30H/b23-21+. The van der Waals surface area contributed by atoms with E-state index in [2.05, 4.69) is 20.9 Å². The van der Waals surface area contributed by atoms with E-state index in [1.807, 2.05) is 24.3 Å². The monoisotopic (exact) mass is 490 g/mol. The maximum Gasteiger partial charge on any atom is 0.300 e. The third-order valence-corrected chi connectivity index (χ3v) is 6.11. The summed E-state index contributed by atoms with van der Waals surface area (Å²) in [7, 11) is 0. The van der Waals surface area contributed by atoms with Crippen LogP contribution in [-0.2, 0) is 9.59 Å². The second kappa shape index (κ2) is 7.76. The highest BCUT2D eigenvalue weighted by Crippen LogP contribution is 2.44. The van der Waals surface area contributed by atoms with E-state index in [0.29, 0.717) is 16.8 Å². The molecule has 1 saturated heterocycles. The number of rotatable bonds is 3. The number of benzene rings is 3. The Hall–Kier alpha value is -3.71. The Morgan fingerprint density at radius 2 is 1.66 bits per heavy atom. The molecule has 5 nitrogen and oxygen atoms in total. The molecular weight excluding hydrogens is 475 g/mol. The summed E-state index contributed by atoms with van der Waals surface area (Å²) in [6.45, 7) is 0. The number of hydrogen-bond donors (Lipinski definition) is 2. The molecule has 1 aromatic heterocycles. The highest BCUT2D eigenvalue weighted by Gasteiger charge is 2.47. The maximum absolute atomic E-state index is 13.6. The molecule has 0 spiro atoms. The third-order valence-electron chi connectivity index (χ3n) is 5.58. The van der Waals surface area contributed by atoms with Crippen molar-refractivity contribution >= 4 is 50.0 Å². The molecule has 2 N–H and O–H groups in total. The van der Waals surface area contributed by atoms with Crippen molar-refractivity contribution in [3.8, 4) is 0 Å². The fourth-order valence-corrected chi connectivity index (χ4v) is 4.34. The first-order valence-electron chi connectivity index (χ1n) is 9.84. The lowest BCUT2D eigenvalue weighted by Gasteiger charge is -2.25. The van der Waals surface area contributed by atoms with Crippen LogP contribution in [0.2, 0.25) is 0 Å². The lowest BCUT2D eigenvalue weighted by Crippen LogP contribution is -2.29. The molecule has 0 aliphatic carbocycles. The number of ketones is 1. The van der Waals surface area contributed by atoms with Gasteiger partial charge in [-0.25, -0.2) is 4.39 Å². The molecule has 7 heteroatoms. The van der Waals surface area contributed by atoms with Crippen molar-refractivity contribution in [1.82, 2.24) is 4.98 Å². The van der Waals surface area contributed by atoms with Gasteiger partial charge in [0, 0.05) is 38.4 Å². The van der Waals surface area contributed by atoms with Crippen LogP contribution < -0.4 is 4.90 Å². The van der Waals surface area contributed by atoms with Crippen LogP contribution in [0.3, 0.4) is 0 Å². The molecule has 1 aliphatic rings. The van der Waals surface area contributed by atoms with Crippen LogP contribution in [0.1, 0.15) is 17.2 Å². The van der Waals surface area contributed by atoms with Crippen LogP contribution >= 0.6 is 15.9 Å². The summed E-state index contributed by atoms with van der Waals surface area (Å²) in [5.41, 5.74) is 2.24. The molecule has 4 aromatic rings. The van der Waals surface area contributed by atoms with Crippen molar-refractivity contribution in [3.63, 3.8) is 0 Å². The van der Waals surface area contributed by atoms with Gasteiger partial charge in [-0.1, -0.05) is 46.3 Å². The first-order chi connectivity index (χ1) is 15.5. The second-order valence-corrected chi connectivity index (χ2v) is 8.36. The van der Waals surface area contributed by atoms with E-state index < -0.39 is 23.5 Å². The number of nitrogens with one attached hydrogen (secondary N) is 1. The Bertz CT molecular complexity index is 1390. The number of aliphatic hydroxyl groups is 1. The molecule has 1 fully saturated rings. The van der Waals surface area contributed by atoms with Gasteiger partial charge in [0.25, 0.3) is 11.7 Å². The Labute approximate surface area is 190 Å². The van der Waals surface area contributed by atoms with Gasteiger partial charge in [0.2, 0.25) is 0 Å². The Morgan fingerprint density at radius 3 is 2.38 bits per heavy atom. The van der Waals surface area contributed by atoms with E-state index in [1.165, 1.54) is 29.2 Å². The van der Waals surface area contributed by atoms with E-state index >= 15 is 0 Å². The zero-order chi connectivity index (χ0) is 22.4. The number of Topliss-reactive ketones (excluding diaryl/α,β-unsaturated/α-hetero) is 1. The fourth-order valence-electron chi connectivity index (χ4n) is 4.08. The number of carbonyl (C=O) groups excluding carboxylic acids is 2. The summed E-state index contributed by atoms with van der Waals surface area (Å²) in [4.78, 5) is 30.8. The van der Waals surface area contributed by atoms with E-state index in [4.69, 9.17) is 0 Å². The minimum Gasteiger partial charge on any atom is -0.507 e. The van der Waals surface area contributed by atoms with Crippen LogP contribution in [0.4, 0.5) is 10.1 Å². The number of fused-ring (bicyclic) bond motifs is 1. The smallest absolute Gasteiger partial charge is 0.300 e. The number of halogens is 2. The summed E-state index contributed by atoms with van der Waals surface area (Å²) in [6, 6.07) is 18.8. The summed E-state index contributed by atoms with van der Waals surface area (Å²) < 4.78 is 14.4. The number of carbonyl (C=O) groups is 2. The van der Waals surface area contributed by atoms with Crippen molar-refractivity contribution in [2.45, 2.75) is 6.04 Å². The molecule has 0 bridgehead atoms. The summed E-state index contributed by atoms with van der Waals surface area (Å²) in [6.07, 6.45) is 1.73. The highest BCUT2D eigenvalue weighted by molar-refractivity contribution is 9.10. The molecule has 5 rings (SSSR count). The quantitative estimate of drug-likeness (QED) is 0.220. The average Bonchev–Trinajstić information content (AvgIpc) is 3.33. The molecule has 1 atom stereocenters. The number of para-hydroxylation sites is 1. The van der Waals surface area contributed by atoms with Gasteiger partial charge in [-0.2, -0.15) is 0 Å². The third kappa shape index (κ3) is 3.22. The first-order valence-corrected chi connectivity index (χ1v) is 10.6. The number of anilines is 1. The van der Waals surface area contributed by atoms with Gasteiger partial charge in [-0.15, -0.1) is 0 Å². The van der Waals surface area contributed by atoms with Crippen LogP contribution in [0.15, 0.2) is 89.0 Å².